The molecule has 0 amide bonds. The van der Waals surface area contributed by atoms with Crippen LogP contribution in [0.25, 0.3) is 0 Å². The van der Waals surface area contributed by atoms with Crippen LogP contribution in [0.5, 0.6) is 0 Å². The molecular weight excluding hydrogens is 256 g/mol. The molecule has 0 saturated heterocycles. The molecular formula is C12H17ClN2O3. The highest BCUT2D eigenvalue weighted by Crippen LogP contribution is 2.28. The van der Waals surface area contributed by atoms with Gasteiger partial charge in [0.2, 0.25) is 0 Å². The average Bonchev–Trinajstić information content (AvgIpc) is 2.27. The third kappa shape index (κ3) is 4.16. The van der Waals surface area contributed by atoms with E-state index >= 15 is 0 Å². The third-order valence-electron chi connectivity index (χ3n) is 2.49. The van der Waals surface area contributed by atoms with Crippen LogP contribution in [0.15, 0.2) is 18.2 Å². The lowest BCUT2D eigenvalue weighted by Crippen LogP contribution is -2.26. The van der Waals surface area contributed by atoms with Gasteiger partial charge in [0.05, 0.1) is 11.5 Å². The molecule has 0 heterocycles. The maximum Gasteiger partial charge on any atom is 0.292 e. The monoisotopic (exact) mass is 272 g/mol. The van der Waals surface area contributed by atoms with E-state index in [1.165, 1.54) is 18.2 Å². The first kappa shape index (κ1) is 14.7. The Hall–Kier alpha value is -1.33. The predicted molar refractivity (Wildman–Crippen MR) is 72.1 cm³/mol. The second kappa shape index (κ2) is 6.56. The van der Waals surface area contributed by atoms with Gasteiger partial charge in [-0.05, 0) is 24.5 Å². The Morgan fingerprint density at radius 2 is 2.17 bits per heavy atom. The number of benzene rings is 1. The summed E-state index contributed by atoms with van der Waals surface area (Å²) in [5.41, 5.74) is 0.300. The van der Waals surface area contributed by atoms with Crippen molar-refractivity contribution in [2.24, 2.45) is 5.92 Å². The molecule has 2 N–H and O–H groups in total. The molecule has 100 valence electrons. The topological polar surface area (TPSA) is 75.4 Å². The van der Waals surface area contributed by atoms with E-state index in [0.717, 1.165) is 6.42 Å². The largest absolute Gasteiger partial charge is 0.394 e. The van der Waals surface area contributed by atoms with E-state index in [-0.39, 0.29) is 18.3 Å². The molecule has 1 aromatic carbocycles. The van der Waals surface area contributed by atoms with Crippen LogP contribution in [0.3, 0.4) is 0 Å². The summed E-state index contributed by atoms with van der Waals surface area (Å²) in [6.45, 7) is 3.97. The van der Waals surface area contributed by atoms with Gasteiger partial charge in [-0.25, -0.2) is 0 Å². The van der Waals surface area contributed by atoms with Crippen molar-refractivity contribution in [1.82, 2.24) is 0 Å². The Morgan fingerprint density at radius 3 is 2.67 bits per heavy atom. The van der Waals surface area contributed by atoms with Crippen LogP contribution in [0.1, 0.15) is 20.3 Å². The highest BCUT2D eigenvalue weighted by Gasteiger charge is 2.17. The van der Waals surface area contributed by atoms with Gasteiger partial charge in [-0.2, -0.15) is 0 Å². The van der Waals surface area contributed by atoms with Gasteiger partial charge in [-0.3, -0.25) is 10.1 Å². The van der Waals surface area contributed by atoms with Gasteiger partial charge >= 0.3 is 0 Å². The minimum atomic E-state index is -0.470. The molecule has 0 spiro atoms. The van der Waals surface area contributed by atoms with Crippen molar-refractivity contribution < 1.29 is 10.0 Å². The van der Waals surface area contributed by atoms with E-state index in [4.69, 9.17) is 11.6 Å². The van der Waals surface area contributed by atoms with Crippen LogP contribution in [0.4, 0.5) is 11.4 Å². The van der Waals surface area contributed by atoms with Gasteiger partial charge in [0.25, 0.3) is 5.69 Å². The third-order valence-corrected chi connectivity index (χ3v) is 2.73. The van der Waals surface area contributed by atoms with Crippen LogP contribution in [-0.2, 0) is 0 Å². The van der Waals surface area contributed by atoms with Crippen molar-refractivity contribution in [3.8, 4) is 0 Å². The molecule has 5 nitrogen and oxygen atoms in total. The summed E-state index contributed by atoms with van der Waals surface area (Å²) >= 11 is 5.83. The maximum absolute atomic E-state index is 10.9. The molecule has 0 aliphatic carbocycles. The number of nitro benzene ring substituents is 1. The minimum absolute atomic E-state index is 0.0402. The maximum atomic E-state index is 10.9. The molecule has 1 unspecified atom stereocenters. The van der Waals surface area contributed by atoms with Crippen LogP contribution < -0.4 is 5.32 Å². The zero-order chi connectivity index (χ0) is 13.7. The lowest BCUT2D eigenvalue weighted by atomic mass is 10.0. The number of nitro groups is 1. The van der Waals surface area contributed by atoms with Crippen LogP contribution in [0.2, 0.25) is 5.02 Å². The fourth-order valence-electron chi connectivity index (χ4n) is 1.75. The standard InChI is InChI=1S/C12H17ClN2O3/c1-8(2)5-10(7-16)14-11-6-9(13)3-4-12(11)15(17)18/h3-4,6,8,10,14,16H,5,7H2,1-2H3. The molecule has 6 heteroatoms. The van der Waals surface area contributed by atoms with Gasteiger partial charge in [0.1, 0.15) is 5.69 Å². The van der Waals surface area contributed by atoms with E-state index in [1.807, 2.05) is 13.8 Å². The lowest BCUT2D eigenvalue weighted by Gasteiger charge is -2.19. The molecule has 18 heavy (non-hydrogen) atoms. The summed E-state index contributed by atoms with van der Waals surface area (Å²) in [6, 6.07) is 4.11. The summed E-state index contributed by atoms with van der Waals surface area (Å²) in [5.74, 6) is 0.382. The van der Waals surface area contributed by atoms with Crippen molar-refractivity contribution in [3.05, 3.63) is 33.3 Å². The van der Waals surface area contributed by atoms with Crippen LogP contribution in [-0.4, -0.2) is 22.7 Å². The lowest BCUT2D eigenvalue weighted by molar-refractivity contribution is -0.384. The summed E-state index contributed by atoms with van der Waals surface area (Å²) in [7, 11) is 0. The first-order chi connectivity index (χ1) is 8.43. The van der Waals surface area contributed by atoms with Crippen molar-refractivity contribution in [3.63, 3.8) is 0 Å². The van der Waals surface area contributed by atoms with Crippen molar-refractivity contribution in [2.45, 2.75) is 26.3 Å². The van der Waals surface area contributed by atoms with E-state index < -0.39 is 4.92 Å². The molecule has 0 bridgehead atoms. The molecule has 0 saturated carbocycles. The van der Waals surface area contributed by atoms with Gasteiger partial charge in [0, 0.05) is 17.1 Å². The summed E-state index contributed by atoms with van der Waals surface area (Å²) in [6.07, 6.45) is 0.722. The summed E-state index contributed by atoms with van der Waals surface area (Å²) in [4.78, 5) is 10.4. The van der Waals surface area contributed by atoms with Crippen LogP contribution in [0, 0.1) is 16.0 Å². The Labute approximate surface area is 111 Å². The fraction of sp³-hybridized carbons (Fsp3) is 0.500. The number of anilines is 1. The van der Waals surface area contributed by atoms with Crippen molar-refractivity contribution >= 4 is 23.0 Å². The number of rotatable bonds is 6. The second-order valence-electron chi connectivity index (χ2n) is 4.57. The molecule has 1 rings (SSSR count). The molecule has 0 aliphatic heterocycles. The highest BCUT2D eigenvalue weighted by molar-refractivity contribution is 6.31. The molecule has 1 atom stereocenters. The first-order valence-electron chi connectivity index (χ1n) is 5.75. The van der Waals surface area contributed by atoms with Crippen LogP contribution >= 0.6 is 11.6 Å². The van der Waals surface area contributed by atoms with Gasteiger partial charge < -0.3 is 10.4 Å². The molecule has 1 aromatic rings. The fourth-order valence-corrected chi connectivity index (χ4v) is 1.92. The Bertz CT molecular complexity index is 424. The SMILES string of the molecule is CC(C)CC(CO)Nc1cc(Cl)ccc1[N+](=O)[O-]. The molecule has 0 aliphatic rings. The van der Waals surface area contributed by atoms with E-state index in [2.05, 4.69) is 5.32 Å². The van der Waals surface area contributed by atoms with E-state index in [1.54, 1.807) is 0 Å². The smallest absolute Gasteiger partial charge is 0.292 e. The van der Waals surface area contributed by atoms with Gasteiger partial charge in [-0.15, -0.1) is 0 Å². The quantitative estimate of drug-likeness (QED) is 0.616. The molecule has 0 aromatic heterocycles. The van der Waals surface area contributed by atoms with Crippen molar-refractivity contribution in [2.75, 3.05) is 11.9 Å². The number of nitrogens with one attached hydrogen (secondary N) is 1. The highest BCUT2D eigenvalue weighted by atomic mass is 35.5. The second-order valence-corrected chi connectivity index (χ2v) is 5.01. The zero-order valence-electron chi connectivity index (χ0n) is 10.4. The van der Waals surface area contributed by atoms with Gasteiger partial charge in [-0.1, -0.05) is 25.4 Å². The predicted octanol–water partition coefficient (Wildman–Crippen LogP) is 3.07. The van der Waals surface area contributed by atoms with Gasteiger partial charge in [0.15, 0.2) is 0 Å². The minimum Gasteiger partial charge on any atom is -0.394 e. The summed E-state index contributed by atoms with van der Waals surface area (Å²) in [5, 5.41) is 23.6. The first-order valence-corrected chi connectivity index (χ1v) is 6.13. The Kier molecular flexibility index (Phi) is 5.37. The van der Waals surface area contributed by atoms with E-state index in [0.29, 0.717) is 16.6 Å². The molecule has 0 radical (unpaired) electrons. The average molecular weight is 273 g/mol. The zero-order valence-corrected chi connectivity index (χ0v) is 11.1. The Balaban J connectivity index is 2.93. The normalized spacial score (nSPS) is 12.5. The Morgan fingerprint density at radius 1 is 1.50 bits per heavy atom. The number of hydrogen-bond acceptors (Lipinski definition) is 4. The molecule has 0 fully saturated rings. The number of aliphatic hydroxyl groups is 1. The van der Waals surface area contributed by atoms with E-state index in [9.17, 15) is 15.2 Å². The van der Waals surface area contributed by atoms with Crippen molar-refractivity contribution in [1.29, 1.82) is 0 Å². The number of hydrogen-bond donors (Lipinski definition) is 2. The number of nitrogens with zero attached hydrogens (tertiary/aromatic N) is 1. The number of aliphatic hydroxyl groups excluding tert-OH is 1. The summed E-state index contributed by atoms with van der Waals surface area (Å²) < 4.78 is 0. The number of halogens is 1.